The van der Waals surface area contributed by atoms with Crippen LogP contribution in [0, 0.1) is 5.92 Å². The summed E-state index contributed by atoms with van der Waals surface area (Å²) < 4.78 is 2.29. The summed E-state index contributed by atoms with van der Waals surface area (Å²) >= 11 is 0. The monoisotopic (exact) mass is 319 g/mol. The van der Waals surface area contributed by atoms with E-state index in [-0.39, 0.29) is 5.91 Å². The third kappa shape index (κ3) is 4.77. The highest BCUT2D eigenvalue weighted by Gasteiger charge is 2.16. The average Bonchev–Trinajstić information content (AvgIpc) is 3.15. The van der Waals surface area contributed by atoms with Gasteiger partial charge in [-0.3, -0.25) is 4.79 Å². The number of rotatable bonds is 7. The third-order valence-corrected chi connectivity index (χ3v) is 5.03. The van der Waals surface area contributed by atoms with E-state index in [1.54, 1.807) is 0 Å². The predicted molar refractivity (Wildman–Crippen MR) is 89.1 cm³/mol. The van der Waals surface area contributed by atoms with E-state index in [4.69, 9.17) is 0 Å². The van der Waals surface area contributed by atoms with Gasteiger partial charge in [-0.25, -0.2) is 0 Å². The Kier molecular flexibility index (Phi) is 6.02. The molecule has 3 rings (SSSR count). The zero-order chi connectivity index (χ0) is 15.9. The van der Waals surface area contributed by atoms with Crippen molar-refractivity contribution in [2.24, 2.45) is 5.92 Å². The molecule has 1 aromatic rings. The van der Waals surface area contributed by atoms with Gasteiger partial charge in [-0.05, 0) is 51.1 Å². The van der Waals surface area contributed by atoms with Crippen LogP contribution >= 0.6 is 0 Å². The van der Waals surface area contributed by atoms with Gasteiger partial charge in [-0.15, -0.1) is 10.2 Å². The molecule has 0 aromatic carbocycles. The van der Waals surface area contributed by atoms with Crippen molar-refractivity contribution in [2.45, 2.75) is 64.3 Å². The van der Waals surface area contributed by atoms with Crippen molar-refractivity contribution in [3.05, 3.63) is 11.6 Å². The van der Waals surface area contributed by atoms with Crippen LogP contribution in [0.4, 0.5) is 0 Å². The smallest absolute Gasteiger partial charge is 0.220 e. The van der Waals surface area contributed by atoms with Crippen LogP contribution in [0.15, 0.2) is 0 Å². The Morgan fingerprint density at radius 2 is 2.26 bits per heavy atom. The summed E-state index contributed by atoms with van der Waals surface area (Å²) in [5, 5.41) is 15.1. The lowest BCUT2D eigenvalue weighted by atomic mass is 10.0. The molecule has 3 heterocycles. The van der Waals surface area contributed by atoms with Crippen molar-refractivity contribution in [3.63, 3.8) is 0 Å². The molecule has 0 aliphatic carbocycles. The van der Waals surface area contributed by atoms with Gasteiger partial charge in [0.2, 0.25) is 5.91 Å². The van der Waals surface area contributed by atoms with Crippen molar-refractivity contribution in [1.29, 1.82) is 0 Å². The summed E-state index contributed by atoms with van der Waals surface area (Å²) in [4.78, 5) is 11.9. The number of amides is 1. The number of nitrogens with zero attached hydrogens (tertiary/aromatic N) is 3. The van der Waals surface area contributed by atoms with Crippen molar-refractivity contribution < 1.29 is 4.79 Å². The number of aromatic nitrogens is 3. The second kappa shape index (κ2) is 8.43. The Labute approximate surface area is 138 Å². The molecule has 0 spiro atoms. The summed E-state index contributed by atoms with van der Waals surface area (Å²) in [6.45, 7) is 3.98. The maximum Gasteiger partial charge on any atom is 0.220 e. The SMILES string of the molecule is O=C(CCC1CCNC1)NCCCc1nnc2n1CCCCC2. The topological polar surface area (TPSA) is 71.8 Å². The summed E-state index contributed by atoms with van der Waals surface area (Å²) in [5.74, 6) is 3.11. The number of nitrogens with one attached hydrogen (secondary N) is 2. The van der Waals surface area contributed by atoms with Crippen LogP contribution < -0.4 is 10.6 Å². The first-order chi connectivity index (χ1) is 11.3. The fourth-order valence-corrected chi connectivity index (χ4v) is 3.59. The number of carbonyl (C=O) groups excluding carboxylic acids is 1. The lowest BCUT2D eigenvalue weighted by Crippen LogP contribution is -2.25. The normalized spacial score (nSPS) is 21.0. The van der Waals surface area contributed by atoms with Crippen LogP contribution in [0.25, 0.3) is 0 Å². The quantitative estimate of drug-likeness (QED) is 0.746. The molecule has 1 fully saturated rings. The maximum atomic E-state index is 11.9. The molecular formula is C17H29N5O. The van der Waals surface area contributed by atoms with E-state index in [0.717, 1.165) is 63.5 Å². The Balaban J connectivity index is 1.33. The largest absolute Gasteiger partial charge is 0.356 e. The zero-order valence-corrected chi connectivity index (χ0v) is 14.0. The van der Waals surface area contributed by atoms with E-state index in [1.165, 1.54) is 25.7 Å². The first-order valence-electron chi connectivity index (χ1n) is 9.21. The molecule has 2 aliphatic heterocycles. The van der Waals surface area contributed by atoms with E-state index in [2.05, 4.69) is 25.4 Å². The van der Waals surface area contributed by atoms with Gasteiger partial charge in [-0.2, -0.15) is 0 Å². The Morgan fingerprint density at radius 3 is 3.13 bits per heavy atom. The molecule has 128 valence electrons. The van der Waals surface area contributed by atoms with Gasteiger partial charge < -0.3 is 15.2 Å². The van der Waals surface area contributed by atoms with Gasteiger partial charge >= 0.3 is 0 Å². The molecule has 23 heavy (non-hydrogen) atoms. The van der Waals surface area contributed by atoms with Crippen LogP contribution in [-0.4, -0.2) is 40.3 Å². The number of aryl methyl sites for hydroxylation is 2. The number of carbonyl (C=O) groups is 1. The standard InChI is InChI=1S/C17H29N5O/c23-17(8-7-14-9-11-18-13-14)19-10-4-6-16-21-20-15-5-2-1-3-12-22(15)16/h14,18H,1-13H2,(H,19,23). The van der Waals surface area contributed by atoms with Gasteiger partial charge in [0.05, 0.1) is 0 Å². The van der Waals surface area contributed by atoms with Crippen LogP contribution in [-0.2, 0) is 24.2 Å². The molecule has 1 aromatic heterocycles. The van der Waals surface area contributed by atoms with Gasteiger partial charge in [0.15, 0.2) is 0 Å². The van der Waals surface area contributed by atoms with E-state index >= 15 is 0 Å². The molecule has 2 aliphatic rings. The molecule has 0 radical (unpaired) electrons. The first kappa shape index (κ1) is 16.4. The fraction of sp³-hybridized carbons (Fsp3) is 0.824. The van der Waals surface area contributed by atoms with E-state index in [9.17, 15) is 4.79 Å². The van der Waals surface area contributed by atoms with Gasteiger partial charge in [0.25, 0.3) is 0 Å². The average molecular weight is 319 g/mol. The highest BCUT2D eigenvalue weighted by Crippen LogP contribution is 2.15. The molecule has 1 amide bonds. The van der Waals surface area contributed by atoms with Gasteiger partial charge in [0.1, 0.15) is 11.6 Å². The molecule has 1 saturated heterocycles. The van der Waals surface area contributed by atoms with E-state index in [0.29, 0.717) is 12.3 Å². The van der Waals surface area contributed by atoms with Crippen molar-refractivity contribution in [1.82, 2.24) is 25.4 Å². The minimum Gasteiger partial charge on any atom is -0.356 e. The maximum absolute atomic E-state index is 11.9. The molecule has 1 unspecified atom stereocenters. The number of hydrogen-bond donors (Lipinski definition) is 2. The molecule has 2 N–H and O–H groups in total. The Bertz CT molecular complexity index is 507. The van der Waals surface area contributed by atoms with Gasteiger partial charge in [0, 0.05) is 32.4 Å². The van der Waals surface area contributed by atoms with Crippen molar-refractivity contribution in [3.8, 4) is 0 Å². The minimum absolute atomic E-state index is 0.192. The van der Waals surface area contributed by atoms with Gasteiger partial charge in [-0.1, -0.05) is 6.42 Å². The summed E-state index contributed by atoms with van der Waals surface area (Å²) in [6.07, 6.45) is 9.52. The number of hydrogen-bond acceptors (Lipinski definition) is 4. The third-order valence-electron chi connectivity index (χ3n) is 5.03. The lowest BCUT2D eigenvalue weighted by Gasteiger charge is -2.09. The molecule has 6 heteroatoms. The van der Waals surface area contributed by atoms with Crippen molar-refractivity contribution >= 4 is 5.91 Å². The Hall–Kier alpha value is -1.43. The van der Waals surface area contributed by atoms with Crippen LogP contribution in [0.2, 0.25) is 0 Å². The molecular weight excluding hydrogens is 290 g/mol. The van der Waals surface area contributed by atoms with Crippen LogP contribution in [0.5, 0.6) is 0 Å². The summed E-state index contributed by atoms with van der Waals surface area (Å²) in [7, 11) is 0. The van der Waals surface area contributed by atoms with Crippen LogP contribution in [0.1, 0.15) is 56.6 Å². The molecule has 0 bridgehead atoms. The molecule has 0 saturated carbocycles. The number of fused-ring (bicyclic) bond motifs is 1. The van der Waals surface area contributed by atoms with Crippen LogP contribution in [0.3, 0.4) is 0 Å². The summed E-state index contributed by atoms with van der Waals surface area (Å²) in [6, 6.07) is 0. The van der Waals surface area contributed by atoms with E-state index in [1.807, 2.05) is 0 Å². The highest BCUT2D eigenvalue weighted by molar-refractivity contribution is 5.75. The molecule has 1 atom stereocenters. The lowest BCUT2D eigenvalue weighted by molar-refractivity contribution is -0.121. The second-order valence-corrected chi connectivity index (χ2v) is 6.85. The fourth-order valence-electron chi connectivity index (χ4n) is 3.59. The van der Waals surface area contributed by atoms with Crippen molar-refractivity contribution in [2.75, 3.05) is 19.6 Å². The predicted octanol–water partition coefficient (Wildman–Crippen LogP) is 1.44. The van der Waals surface area contributed by atoms with E-state index < -0.39 is 0 Å². The second-order valence-electron chi connectivity index (χ2n) is 6.85. The first-order valence-corrected chi connectivity index (χ1v) is 9.21. The summed E-state index contributed by atoms with van der Waals surface area (Å²) in [5.41, 5.74) is 0. The zero-order valence-electron chi connectivity index (χ0n) is 14.0. The molecule has 6 nitrogen and oxygen atoms in total. The highest BCUT2D eigenvalue weighted by atomic mass is 16.1. The minimum atomic E-state index is 0.192. The Morgan fingerprint density at radius 1 is 1.30 bits per heavy atom.